The lowest BCUT2D eigenvalue weighted by molar-refractivity contribution is 0.179. The van der Waals surface area contributed by atoms with Crippen molar-refractivity contribution in [2.24, 2.45) is 0 Å². The van der Waals surface area contributed by atoms with E-state index in [1.807, 2.05) is 54.6 Å². The quantitative estimate of drug-likeness (QED) is 0.684. The molecule has 1 aliphatic carbocycles. The van der Waals surface area contributed by atoms with Crippen molar-refractivity contribution < 1.29 is 17.7 Å². The van der Waals surface area contributed by atoms with Crippen LogP contribution >= 0.6 is 0 Å². The molecule has 2 aromatic carbocycles. The Hall–Kier alpha value is -1.95. The molecule has 5 heteroatoms. The number of fused-ring (bicyclic) bond motifs is 2. The second-order valence-electron chi connectivity index (χ2n) is 5.90. The fourth-order valence-electron chi connectivity index (χ4n) is 3.08. The maximum absolute atomic E-state index is 11.1. The second-order valence-corrected chi connectivity index (χ2v) is 7.54. The first kappa shape index (κ1) is 16.9. The van der Waals surface area contributed by atoms with Gasteiger partial charge >= 0.3 is 0 Å². The molecule has 1 N–H and O–H groups in total. The molecule has 0 saturated heterocycles. The Balaban J connectivity index is 2.01. The Bertz CT molecular complexity index is 868. The van der Waals surface area contributed by atoms with Crippen LogP contribution in [0.25, 0.3) is 5.57 Å². The number of rotatable bonds is 4. The van der Waals surface area contributed by atoms with Crippen molar-refractivity contribution in [2.45, 2.75) is 18.9 Å². The highest BCUT2D eigenvalue weighted by molar-refractivity contribution is 7.85. The van der Waals surface area contributed by atoms with Gasteiger partial charge in [-0.15, -0.1) is 0 Å². The van der Waals surface area contributed by atoms with Crippen molar-refractivity contribution in [1.29, 1.82) is 0 Å². The highest BCUT2D eigenvalue weighted by Crippen LogP contribution is 2.37. The van der Waals surface area contributed by atoms with Gasteiger partial charge in [-0.2, -0.15) is 8.42 Å². The minimum Gasteiger partial charge on any atom is -0.388 e. The van der Waals surface area contributed by atoms with Crippen LogP contribution in [0.3, 0.4) is 0 Å². The molecule has 2 aromatic rings. The molecule has 0 bridgehead atoms. The molecule has 3 rings (SSSR count). The van der Waals surface area contributed by atoms with Gasteiger partial charge in [-0.3, -0.25) is 4.18 Å². The maximum atomic E-state index is 11.1. The summed E-state index contributed by atoms with van der Waals surface area (Å²) in [5.74, 6) is 0. The minimum absolute atomic E-state index is 0.106. The van der Waals surface area contributed by atoms with Gasteiger partial charge in [-0.1, -0.05) is 54.6 Å². The molecule has 1 atom stereocenters. The van der Waals surface area contributed by atoms with E-state index < -0.39 is 16.2 Å². The van der Waals surface area contributed by atoms with Gasteiger partial charge in [-0.05, 0) is 34.2 Å². The average Bonchev–Trinajstić information content (AvgIpc) is 2.66. The van der Waals surface area contributed by atoms with E-state index in [9.17, 15) is 13.5 Å². The van der Waals surface area contributed by atoms with Crippen molar-refractivity contribution in [3.05, 3.63) is 76.9 Å². The van der Waals surface area contributed by atoms with E-state index >= 15 is 0 Å². The predicted octanol–water partition coefficient (Wildman–Crippen LogP) is 3.07. The van der Waals surface area contributed by atoms with Crippen molar-refractivity contribution in [1.82, 2.24) is 0 Å². The molecule has 0 amide bonds. The van der Waals surface area contributed by atoms with E-state index in [4.69, 9.17) is 4.18 Å². The predicted molar refractivity (Wildman–Crippen MR) is 94.0 cm³/mol. The third-order valence-corrected chi connectivity index (χ3v) is 4.69. The first-order valence-electron chi connectivity index (χ1n) is 7.86. The maximum Gasteiger partial charge on any atom is 0.264 e. The van der Waals surface area contributed by atoms with E-state index in [2.05, 4.69) is 0 Å². The van der Waals surface area contributed by atoms with Crippen molar-refractivity contribution in [3.8, 4) is 0 Å². The number of hydrogen-bond donors (Lipinski definition) is 1. The fraction of sp³-hybridized carbons (Fsp3) is 0.263. The molecule has 0 unspecified atom stereocenters. The van der Waals surface area contributed by atoms with Crippen LogP contribution in [0.5, 0.6) is 0 Å². The monoisotopic (exact) mass is 344 g/mol. The van der Waals surface area contributed by atoms with Gasteiger partial charge in [0.1, 0.15) is 0 Å². The van der Waals surface area contributed by atoms with Crippen molar-refractivity contribution in [3.63, 3.8) is 0 Å². The van der Waals surface area contributed by atoms with Crippen LogP contribution in [0.15, 0.2) is 54.6 Å². The summed E-state index contributed by atoms with van der Waals surface area (Å²) in [7, 11) is -3.43. The Kier molecular flexibility index (Phi) is 4.85. The molecule has 0 aliphatic heterocycles. The number of aliphatic hydroxyl groups excluding tert-OH is 1. The van der Waals surface area contributed by atoms with Crippen LogP contribution in [0.2, 0.25) is 0 Å². The fourth-order valence-corrected chi connectivity index (χ4v) is 3.48. The molecule has 126 valence electrons. The number of benzene rings is 2. The van der Waals surface area contributed by atoms with Crippen LogP contribution in [0.1, 0.15) is 34.8 Å². The molecule has 4 nitrogen and oxygen atoms in total. The van der Waals surface area contributed by atoms with Crippen LogP contribution in [-0.4, -0.2) is 26.4 Å². The SMILES string of the molecule is CS(=O)(=O)OCC/C=C1/c2ccccc2C[C@H](O)c2ccccc21. The Morgan fingerprint density at radius 3 is 2.54 bits per heavy atom. The highest BCUT2D eigenvalue weighted by atomic mass is 32.2. The molecule has 0 spiro atoms. The van der Waals surface area contributed by atoms with Crippen molar-refractivity contribution >= 4 is 15.7 Å². The van der Waals surface area contributed by atoms with Crippen LogP contribution in [0, 0.1) is 0 Å². The van der Waals surface area contributed by atoms with E-state index in [0.717, 1.165) is 34.1 Å². The van der Waals surface area contributed by atoms with E-state index in [1.54, 1.807) is 0 Å². The molecular weight excluding hydrogens is 324 g/mol. The first-order chi connectivity index (χ1) is 11.5. The van der Waals surface area contributed by atoms with Crippen LogP contribution in [0.4, 0.5) is 0 Å². The van der Waals surface area contributed by atoms with Gasteiger partial charge in [0.15, 0.2) is 0 Å². The Morgan fingerprint density at radius 1 is 1.12 bits per heavy atom. The lowest BCUT2D eigenvalue weighted by atomic mass is 9.93. The highest BCUT2D eigenvalue weighted by Gasteiger charge is 2.22. The van der Waals surface area contributed by atoms with E-state index in [0.29, 0.717) is 12.8 Å². The molecule has 0 aromatic heterocycles. The van der Waals surface area contributed by atoms with Gasteiger partial charge in [0.25, 0.3) is 10.1 Å². The Morgan fingerprint density at radius 2 is 1.79 bits per heavy atom. The molecule has 0 saturated carbocycles. The summed E-state index contributed by atoms with van der Waals surface area (Å²) >= 11 is 0. The zero-order valence-electron chi connectivity index (χ0n) is 13.5. The lowest BCUT2D eigenvalue weighted by Gasteiger charge is -2.13. The Labute approximate surface area is 142 Å². The normalized spacial score (nSPS) is 18.8. The molecule has 0 fully saturated rings. The minimum atomic E-state index is -3.43. The standard InChI is InChI=1S/C19H20O4S/c1-24(21,22)23-12-6-11-16-15-8-3-2-7-14(15)13-19(20)18-10-5-4-9-17(16)18/h2-5,7-11,19-20H,6,12-13H2,1H3/b16-11-/t19-/m0/s1. The molecule has 0 radical (unpaired) electrons. The summed E-state index contributed by atoms with van der Waals surface area (Å²) in [6.45, 7) is 0.106. The molecule has 0 heterocycles. The summed E-state index contributed by atoms with van der Waals surface area (Å²) < 4.78 is 27.0. The third kappa shape index (κ3) is 3.75. The second kappa shape index (κ2) is 6.89. The van der Waals surface area contributed by atoms with Crippen LogP contribution < -0.4 is 0 Å². The van der Waals surface area contributed by atoms with Gasteiger partial charge < -0.3 is 5.11 Å². The third-order valence-electron chi connectivity index (χ3n) is 4.09. The zero-order valence-corrected chi connectivity index (χ0v) is 14.3. The largest absolute Gasteiger partial charge is 0.388 e. The lowest BCUT2D eigenvalue weighted by Crippen LogP contribution is -2.03. The summed E-state index contributed by atoms with van der Waals surface area (Å²) in [4.78, 5) is 0. The molecular formula is C19H20O4S. The average molecular weight is 344 g/mol. The first-order valence-corrected chi connectivity index (χ1v) is 9.67. The molecule has 24 heavy (non-hydrogen) atoms. The van der Waals surface area contributed by atoms with Crippen LogP contribution in [-0.2, 0) is 20.7 Å². The summed E-state index contributed by atoms with van der Waals surface area (Å²) in [6.07, 6.45) is 3.51. The van der Waals surface area contributed by atoms with Gasteiger partial charge in [-0.25, -0.2) is 0 Å². The number of aliphatic hydroxyl groups is 1. The van der Waals surface area contributed by atoms with E-state index in [1.165, 1.54) is 0 Å². The summed E-state index contributed by atoms with van der Waals surface area (Å²) in [6, 6.07) is 15.8. The summed E-state index contributed by atoms with van der Waals surface area (Å²) in [5.41, 5.74) is 5.03. The van der Waals surface area contributed by atoms with Gasteiger partial charge in [0, 0.05) is 6.42 Å². The topological polar surface area (TPSA) is 63.6 Å². The zero-order chi connectivity index (χ0) is 17.2. The smallest absolute Gasteiger partial charge is 0.264 e. The van der Waals surface area contributed by atoms with Gasteiger partial charge in [0.2, 0.25) is 0 Å². The molecule has 1 aliphatic rings. The van der Waals surface area contributed by atoms with Crippen molar-refractivity contribution in [2.75, 3.05) is 12.9 Å². The number of hydrogen-bond acceptors (Lipinski definition) is 4. The van der Waals surface area contributed by atoms with Gasteiger partial charge in [0.05, 0.1) is 19.0 Å². The summed E-state index contributed by atoms with van der Waals surface area (Å²) in [5, 5.41) is 10.6. The van der Waals surface area contributed by atoms with E-state index in [-0.39, 0.29) is 6.61 Å².